The number of halogens is 2. The van der Waals surface area contributed by atoms with Crippen LogP contribution in [0, 0.1) is 0 Å². The first-order valence-electron chi connectivity index (χ1n) is 10.0. The first-order chi connectivity index (χ1) is 15.5. The number of carbonyl (C=O) groups is 1. The lowest BCUT2D eigenvalue weighted by Gasteiger charge is -2.07. The van der Waals surface area contributed by atoms with Crippen LogP contribution < -0.4 is 9.54 Å². The molecule has 1 heterocycles. The fourth-order valence-corrected chi connectivity index (χ4v) is 5.00. The average Bonchev–Trinajstić information content (AvgIpc) is 3.12. The number of thiazole rings is 1. The summed E-state index contributed by atoms with van der Waals surface area (Å²) in [5.41, 5.74) is 1.25. The lowest BCUT2D eigenvalue weighted by molar-refractivity contribution is 0.0996. The molecule has 0 aliphatic heterocycles. The Morgan fingerprint density at radius 3 is 2.47 bits per heavy atom. The van der Waals surface area contributed by atoms with Crippen LogP contribution in [0.25, 0.3) is 10.2 Å². The van der Waals surface area contributed by atoms with Crippen molar-refractivity contribution in [1.29, 1.82) is 0 Å². The van der Waals surface area contributed by atoms with Gasteiger partial charge in [0.1, 0.15) is 11.5 Å². The van der Waals surface area contributed by atoms with Crippen molar-refractivity contribution < 1.29 is 14.3 Å². The van der Waals surface area contributed by atoms with E-state index in [9.17, 15) is 4.79 Å². The Hall–Kier alpha value is -2.64. The van der Waals surface area contributed by atoms with Gasteiger partial charge in [0, 0.05) is 23.7 Å². The Morgan fingerprint density at radius 2 is 1.75 bits per heavy atom. The minimum absolute atomic E-state index is 0.352. The Kier molecular flexibility index (Phi) is 7.27. The van der Waals surface area contributed by atoms with Crippen LogP contribution in [-0.4, -0.2) is 23.7 Å². The summed E-state index contributed by atoms with van der Waals surface area (Å²) in [4.78, 5) is 17.8. The Labute approximate surface area is 199 Å². The third kappa shape index (κ3) is 5.22. The molecular weight excluding hydrogens is 467 g/mol. The number of para-hydroxylation sites is 1. The van der Waals surface area contributed by atoms with E-state index in [1.165, 1.54) is 11.3 Å². The predicted molar refractivity (Wildman–Crippen MR) is 129 cm³/mol. The minimum atomic E-state index is -0.352. The van der Waals surface area contributed by atoms with Gasteiger partial charge in [0.15, 0.2) is 4.80 Å². The van der Waals surface area contributed by atoms with Crippen molar-refractivity contribution >= 4 is 50.7 Å². The molecule has 4 rings (SSSR count). The van der Waals surface area contributed by atoms with Crippen molar-refractivity contribution in [2.75, 3.05) is 13.2 Å². The fourth-order valence-electron chi connectivity index (χ4n) is 3.16. The average molecular weight is 487 g/mol. The highest BCUT2D eigenvalue weighted by Gasteiger charge is 2.13. The number of hydrogen-bond donors (Lipinski definition) is 0. The molecule has 3 aromatic carbocycles. The van der Waals surface area contributed by atoms with Gasteiger partial charge in [0.05, 0.1) is 21.8 Å². The van der Waals surface area contributed by atoms with E-state index in [1.807, 2.05) is 47.9 Å². The number of nitrogens with zero attached hydrogens (tertiary/aromatic N) is 2. The zero-order valence-electron chi connectivity index (χ0n) is 17.3. The van der Waals surface area contributed by atoms with Gasteiger partial charge in [0.25, 0.3) is 5.91 Å². The maximum Gasteiger partial charge on any atom is 0.279 e. The lowest BCUT2D eigenvalue weighted by atomic mass is 10.2. The zero-order chi connectivity index (χ0) is 22.5. The molecule has 0 fully saturated rings. The maximum absolute atomic E-state index is 12.9. The van der Waals surface area contributed by atoms with Crippen molar-refractivity contribution in [1.82, 2.24) is 4.57 Å². The van der Waals surface area contributed by atoms with Crippen molar-refractivity contribution in [2.45, 2.75) is 13.5 Å². The van der Waals surface area contributed by atoms with Crippen molar-refractivity contribution in [2.24, 2.45) is 4.99 Å². The minimum Gasteiger partial charge on any atom is -0.457 e. The highest BCUT2D eigenvalue weighted by Crippen LogP contribution is 2.30. The van der Waals surface area contributed by atoms with Crippen LogP contribution in [-0.2, 0) is 11.3 Å². The van der Waals surface area contributed by atoms with E-state index < -0.39 is 0 Å². The lowest BCUT2D eigenvalue weighted by Crippen LogP contribution is -2.20. The van der Waals surface area contributed by atoms with Crippen LogP contribution in [0.1, 0.15) is 17.3 Å². The number of ether oxygens (including phenoxy) is 2. The molecule has 1 aromatic heterocycles. The molecule has 164 valence electrons. The molecule has 8 heteroatoms. The second kappa shape index (κ2) is 10.3. The zero-order valence-corrected chi connectivity index (χ0v) is 19.6. The van der Waals surface area contributed by atoms with Crippen molar-refractivity contribution in [3.05, 3.63) is 87.1 Å². The number of rotatable bonds is 7. The molecule has 0 aliphatic rings. The van der Waals surface area contributed by atoms with E-state index in [-0.39, 0.29) is 5.91 Å². The van der Waals surface area contributed by atoms with Crippen molar-refractivity contribution in [3.63, 3.8) is 0 Å². The van der Waals surface area contributed by atoms with Crippen LogP contribution in [0.4, 0.5) is 0 Å². The third-order valence-corrected chi connectivity index (χ3v) is 6.17. The van der Waals surface area contributed by atoms with Gasteiger partial charge >= 0.3 is 0 Å². The van der Waals surface area contributed by atoms with E-state index in [0.717, 1.165) is 16.0 Å². The summed E-state index contributed by atoms with van der Waals surface area (Å²) in [6.07, 6.45) is 0. The molecule has 0 N–H and O–H groups in total. The van der Waals surface area contributed by atoms with Crippen LogP contribution >= 0.6 is 34.5 Å². The summed E-state index contributed by atoms with van der Waals surface area (Å²) in [5.74, 6) is 1.02. The molecule has 0 saturated heterocycles. The van der Waals surface area contributed by atoms with Gasteiger partial charge in [-0.1, -0.05) is 52.7 Å². The number of fused-ring (bicyclic) bond motifs is 1. The summed E-state index contributed by atoms with van der Waals surface area (Å²) < 4.78 is 14.0. The highest BCUT2D eigenvalue weighted by atomic mass is 35.5. The largest absolute Gasteiger partial charge is 0.457 e. The van der Waals surface area contributed by atoms with Crippen LogP contribution in [0.3, 0.4) is 0 Å². The second-order valence-corrected chi connectivity index (χ2v) is 8.68. The molecule has 0 radical (unpaired) electrons. The normalized spacial score (nSPS) is 11.8. The maximum atomic E-state index is 12.9. The van der Waals surface area contributed by atoms with Gasteiger partial charge in [-0.3, -0.25) is 4.79 Å². The Morgan fingerprint density at radius 1 is 1.03 bits per heavy atom. The number of hydrogen-bond acceptors (Lipinski definition) is 4. The third-order valence-electron chi connectivity index (χ3n) is 4.64. The topological polar surface area (TPSA) is 52.8 Å². The summed E-state index contributed by atoms with van der Waals surface area (Å²) in [6.45, 7) is 3.54. The van der Waals surface area contributed by atoms with Crippen LogP contribution in [0.2, 0.25) is 10.0 Å². The van der Waals surface area contributed by atoms with Crippen LogP contribution in [0.5, 0.6) is 11.5 Å². The predicted octanol–water partition coefficient (Wildman–Crippen LogP) is 6.58. The summed E-state index contributed by atoms with van der Waals surface area (Å²) in [5, 5.41) is 1.05. The van der Waals surface area contributed by atoms with Gasteiger partial charge in [-0.2, -0.15) is 4.99 Å². The van der Waals surface area contributed by atoms with E-state index in [1.54, 1.807) is 30.3 Å². The van der Waals surface area contributed by atoms with Crippen molar-refractivity contribution in [3.8, 4) is 11.5 Å². The first kappa shape index (κ1) is 22.6. The molecule has 4 aromatic rings. The van der Waals surface area contributed by atoms with Gasteiger partial charge in [-0.05, 0) is 55.5 Å². The smallest absolute Gasteiger partial charge is 0.279 e. The first-order valence-corrected chi connectivity index (χ1v) is 11.6. The summed E-state index contributed by atoms with van der Waals surface area (Å²) >= 11 is 14.0. The molecule has 0 atom stereocenters. The number of amides is 1. The Bertz CT molecular complexity index is 1300. The van der Waals surface area contributed by atoms with Gasteiger partial charge in [0.2, 0.25) is 0 Å². The quantitative estimate of drug-likeness (QED) is 0.277. The van der Waals surface area contributed by atoms with E-state index in [4.69, 9.17) is 32.7 Å². The molecule has 0 saturated carbocycles. The number of carbonyl (C=O) groups excluding carboxylic acids is 1. The fraction of sp³-hybridized carbons (Fsp3) is 0.167. The SMILES string of the molecule is CCOCCn1c(=NC(=O)c2ccc(Oc3ccccc3)cc2)sc2cc(Cl)cc(Cl)c21. The van der Waals surface area contributed by atoms with Gasteiger partial charge < -0.3 is 14.0 Å². The van der Waals surface area contributed by atoms with Gasteiger partial charge in [-0.15, -0.1) is 0 Å². The summed E-state index contributed by atoms with van der Waals surface area (Å²) in [6, 6.07) is 19.9. The number of aromatic nitrogens is 1. The molecule has 0 aliphatic carbocycles. The summed E-state index contributed by atoms with van der Waals surface area (Å²) in [7, 11) is 0. The van der Waals surface area contributed by atoms with E-state index in [0.29, 0.717) is 45.9 Å². The highest BCUT2D eigenvalue weighted by molar-refractivity contribution is 7.16. The molecule has 32 heavy (non-hydrogen) atoms. The molecular formula is C24H20Cl2N2O3S. The Balaban J connectivity index is 1.65. The second-order valence-electron chi connectivity index (χ2n) is 6.82. The van der Waals surface area contributed by atoms with Crippen LogP contribution in [0.15, 0.2) is 71.7 Å². The number of benzene rings is 3. The standard InChI is InChI=1S/C24H20Cl2N2O3S/c1-2-30-13-12-28-22-20(26)14-17(25)15-21(22)32-24(28)27-23(29)16-8-10-19(11-9-16)31-18-6-4-3-5-7-18/h3-11,14-15H,2,12-13H2,1H3. The molecule has 0 spiro atoms. The molecule has 0 bridgehead atoms. The molecule has 0 unspecified atom stereocenters. The van der Waals surface area contributed by atoms with Gasteiger partial charge in [-0.25, -0.2) is 0 Å². The monoisotopic (exact) mass is 486 g/mol. The van der Waals surface area contributed by atoms with E-state index in [2.05, 4.69) is 4.99 Å². The van der Waals surface area contributed by atoms with E-state index >= 15 is 0 Å². The molecule has 1 amide bonds. The molecule has 5 nitrogen and oxygen atoms in total.